The number of benzene rings is 1. The molecule has 2 aromatic rings. The highest BCUT2D eigenvalue weighted by Crippen LogP contribution is 2.15. The molecular weight excluding hydrogens is 366 g/mol. The van der Waals surface area contributed by atoms with Crippen LogP contribution >= 0.6 is 0 Å². The molecule has 2 heterocycles. The summed E-state index contributed by atoms with van der Waals surface area (Å²) < 4.78 is 58.7. The Bertz CT molecular complexity index is 882. The predicted octanol–water partition coefficient (Wildman–Crippen LogP) is 1.38. The fraction of sp³-hybridized carbons (Fsp3) is 0.375. The van der Waals surface area contributed by atoms with Crippen LogP contribution in [0.15, 0.2) is 29.2 Å². The molecule has 0 amide bonds. The van der Waals surface area contributed by atoms with Gasteiger partial charge in [0.25, 0.3) is 0 Å². The minimum Gasteiger partial charge on any atom is -0.378 e. The molecule has 1 N–H and O–H groups in total. The number of nitrogens with one attached hydrogen (secondary N) is 1. The van der Waals surface area contributed by atoms with Gasteiger partial charge in [0.15, 0.2) is 0 Å². The van der Waals surface area contributed by atoms with Gasteiger partial charge in [0, 0.05) is 24.8 Å². The van der Waals surface area contributed by atoms with Gasteiger partial charge < -0.3 is 9.64 Å². The monoisotopic (exact) mass is 384 g/mol. The summed E-state index contributed by atoms with van der Waals surface area (Å²) in [5.41, 5.74) is 1.15. The summed E-state index contributed by atoms with van der Waals surface area (Å²) in [6.45, 7) is 4.11. The lowest BCUT2D eigenvalue weighted by Crippen LogP contribution is -2.37. The van der Waals surface area contributed by atoms with E-state index in [-0.39, 0.29) is 6.54 Å². The second-order valence-corrected chi connectivity index (χ2v) is 7.60. The number of anilines is 1. The number of rotatable bonds is 5. The van der Waals surface area contributed by atoms with E-state index in [0.717, 1.165) is 12.1 Å². The molecule has 1 aliphatic rings. The summed E-state index contributed by atoms with van der Waals surface area (Å²) in [6.07, 6.45) is 0. The van der Waals surface area contributed by atoms with Crippen molar-refractivity contribution in [3.63, 3.8) is 0 Å². The van der Waals surface area contributed by atoms with E-state index in [1.165, 1.54) is 0 Å². The Balaban J connectivity index is 1.77. The van der Waals surface area contributed by atoms with Crippen LogP contribution in [0.3, 0.4) is 0 Å². The molecule has 0 saturated carbocycles. The fourth-order valence-electron chi connectivity index (χ4n) is 2.55. The molecule has 0 spiro atoms. The zero-order chi connectivity index (χ0) is 18.7. The van der Waals surface area contributed by atoms with E-state index in [1.807, 2.05) is 4.90 Å². The Morgan fingerprint density at radius 2 is 1.77 bits per heavy atom. The molecule has 26 heavy (non-hydrogen) atoms. The lowest BCUT2D eigenvalue weighted by Gasteiger charge is -2.27. The first kappa shape index (κ1) is 18.6. The van der Waals surface area contributed by atoms with Crippen LogP contribution < -0.4 is 9.62 Å². The molecule has 7 nitrogen and oxygen atoms in total. The smallest absolute Gasteiger partial charge is 0.241 e. The zero-order valence-electron chi connectivity index (χ0n) is 14.1. The molecule has 1 aliphatic heterocycles. The maximum absolute atomic E-state index is 13.3. The van der Waals surface area contributed by atoms with Crippen LogP contribution in [0.1, 0.15) is 11.4 Å². The Morgan fingerprint density at radius 1 is 1.12 bits per heavy atom. The first-order chi connectivity index (χ1) is 12.3. The highest BCUT2D eigenvalue weighted by Gasteiger charge is 2.18. The van der Waals surface area contributed by atoms with Crippen LogP contribution in [0.2, 0.25) is 0 Å². The molecule has 3 rings (SSSR count). The van der Waals surface area contributed by atoms with Crippen LogP contribution in [0, 0.1) is 18.6 Å². The van der Waals surface area contributed by atoms with Crippen LogP contribution in [0.5, 0.6) is 0 Å². The van der Waals surface area contributed by atoms with E-state index < -0.39 is 26.6 Å². The quantitative estimate of drug-likeness (QED) is 0.839. The van der Waals surface area contributed by atoms with E-state index in [9.17, 15) is 17.2 Å². The third kappa shape index (κ3) is 4.51. The maximum atomic E-state index is 13.3. The normalized spacial score (nSPS) is 15.3. The predicted molar refractivity (Wildman–Crippen MR) is 90.2 cm³/mol. The molecule has 1 aromatic heterocycles. The highest BCUT2D eigenvalue weighted by atomic mass is 32.2. The van der Waals surface area contributed by atoms with Gasteiger partial charge in [-0.05, 0) is 25.1 Å². The molecule has 140 valence electrons. The standard InChI is InChI=1S/C16H18F2N4O3S/c1-11-6-14(21-16(20-11)22-2-4-25-5-3-22)10-19-26(23,24)15-8-12(17)7-13(18)9-15/h6-9,19H,2-5,10H2,1H3. The van der Waals surface area contributed by atoms with Gasteiger partial charge in [-0.1, -0.05) is 0 Å². The van der Waals surface area contributed by atoms with Crippen molar-refractivity contribution in [3.8, 4) is 0 Å². The van der Waals surface area contributed by atoms with E-state index in [4.69, 9.17) is 4.74 Å². The number of hydrogen-bond acceptors (Lipinski definition) is 6. The fourth-order valence-corrected chi connectivity index (χ4v) is 3.59. The molecule has 1 saturated heterocycles. The molecule has 10 heteroatoms. The number of nitrogens with zero attached hydrogens (tertiary/aromatic N) is 3. The average molecular weight is 384 g/mol. The van der Waals surface area contributed by atoms with Gasteiger partial charge >= 0.3 is 0 Å². The maximum Gasteiger partial charge on any atom is 0.241 e. The molecule has 1 fully saturated rings. The molecule has 0 atom stereocenters. The summed E-state index contributed by atoms with van der Waals surface area (Å²) in [5, 5.41) is 0. The number of hydrogen-bond donors (Lipinski definition) is 1. The molecule has 0 radical (unpaired) electrons. The van der Waals surface area contributed by atoms with Gasteiger partial charge in [0.2, 0.25) is 16.0 Å². The number of aryl methyl sites for hydroxylation is 1. The van der Waals surface area contributed by atoms with E-state index in [2.05, 4.69) is 14.7 Å². The number of halogens is 2. The van der Waals surface area contributed by atoms with Crippen molar-refractivity contribution in [2.45, 2.75) is 18.4 Å². The van der Waals surface area contributed by atoms with E-state index in [0.29, 0.717) is 49.7 Å². The summed E-state index contributed by atoms with van der Waals surface area (Å²) in [7, 11) is -4.08. The van der Waals surface area contributed by atoms with Crippen molar-refractivity contribution in [2.75, 3.05) is 31.2 Å². The first-order valence-corrected chi connectivity index (χ1v) is 9.45. The average Bonchev–Trinajstić information content (AvgIpc) is 2.60. The summed E-state index contributed by atoms with van der Waals surface area (Å²) in [5.74, 6) is -1.42. The molecule has 0 aliphatic carbocycles. The molecule has 0 bridgehead atoms. The molecule has 0 unspecified atom stereocenters. The third-order valence-corrected chi connectivity index (χ3v) is 5.16. The van der Waals surface area contributed by atoms with Crippen molar-refractivity contribution in [1.82, 2.24) is 14.7 Å². The summed E-state index contributed by atoms with van der Waals surface area (Å²) >= 11 is 0. The Labute approximate surface area is 150 Å². The van der Waals surface area contributed by atoms with Gasteiger partial charge in [-0.25, -0.2) is 31.9 Å². The number of morpholine rings is 1. The van der Waals surface area contributed by atoms with Gasteiger partial charge in [-0.3, -0.25) is 0 Å². The third-order valence-electron chi connectivity index (χ3n) is 3.78. The van der Waals surface area contributed by atoms with Crippen LogP contribution in [-0.4, -0.2) is 44.7 Å². The lowest BCUT2D eigenvalue weighted by atomic mass is 10.3. The van der Waals surface area contributed by atoms with Crippen LogP contribution in [0.4, 0.5) is 14.7 Å². The van der Waals surface area contributed by atoms with Crippen LogP contribution in [-0.2, 0) is 21.3 Å². The van der Waals surface area contributed by atoms with Gasteiger partial charge in [0.05, 0.1) is 30.3 Å². The highest BCUT2D eigenvalue weighted by molar-refractivity contribution is 7.89. The Morgan fingerprint density at radius 3 is 2.42 bits per heavy atom. The van der Waals surface area contributed by atoms with Crippen molar-refractivity contribution < 1.29 is 21.9 Å². The SMILES string of the molecule is Cc1cc(CNS(=O)(=O)c2cc(F)cc(F)c2)nc(N2CCOCC2)n1. The second kappa shape index (κ2) is 7.60. The molecular formula is C16H18F2N4O3S. The number of aromatic nitrogens is 2. The number of sulfonamides is 1. The van der Waals surface area contributed by atoms with Crippen molar-refractivity contribution >= 4 is 16.0 Å². The van der Waals surface area contributed by atoms with E-state index in [1.54, 1.807) is 13.0 Å². The zero-order valence-corrected chi connectivity index (χ0v) is 14.9. The van der Waals surface area contributed by atoms with Crippen molar-refractivity contribution in [3.05, 3.63) is 47.3 Å². The minimum atomic E-state index is -4.08. The van der Waals surface area contributed by atoms with Crippen LogP contribution in [0.25, 0.3) is 0 Å². The number of ether oxygens (including phenoxy) is 1. The van der Waals surface area contributed by atoms with Gasteiger partial charge in [0.1, 0.15) is 11.6 Å². The first-order valence-electron chi connectivity index (χ1n) is 7.96. The molecule has 1 aromatic carbocycles. The Hall–Kier alpha value is -2.17. The van der Waals surface area contributed by atoms with Gasteiger partial charge in [-0.2, -0.15) is 0 Å². The lowest BCUT2D eigenvalue weighted by molar-refractivity contribution is 0.122. The van der Waals surface area contributed by atoms with Gasteiger partial charge in [-0.15, -0.1) is 0 Å². The van der Waals surface area contributed by atoms with E-state index >= 15 is 0 Å². The minimum absolute atomic E-state index is 0.124. The topological polar surface area (TPSA) is 84.4 Å². The largest absolute Gasteiger partial charge is 0.378 e. The summed E-state index contributed by atoms with van der Waals surface area (Å²) in [6, 6.07) is 3.78. The second-order valence-electron chi connectivity index (χ2n) is 5.83. The summed E-state index contributed by atoms with van der Waals surface area (Å²) in [4.78, 5) is 10.2. The van der Waals surface area contributed by atoms with Crippen molar-refractivity contribution in [1.29, 1.82) is 0 Å². The van der Waals surface area contributed by atoms with Crippen molar-refractivity contribution in [2.24, 2.45) is 0 Å². The Kier molecular flexibility index (Phi) is 5.44.